The minimum absolute atomic E-state index is 0.498. The normalized spacial score (nSPS) is 12.6. The van der Waals surface area contributed by atoms with Gasteiger partial charge in [0.25, 0.3) is 0 Å². The first-order valence-electron chi connectivity index (χ1n) is 6.14. The Balaban J connectivity index is 2.11. The molecule has 0 aromatic carbocycles. The van der Waals surface area contributed by atoms with Crippen molar-refractivity contribution in [3.8, 4) is 0 Å². The fraction of sp³-hybridized carbons (Fsp3) is 0.571. The molecule has 0 radical (unpaired) electrons. The highest BCUT2D eigenvalue weighted by molar-refractivity contribution is 7.12. The van der Waals surface area contributed by atoms with Crippen LogP contribution in [0.15, 0.2) is 24.8 Å². The Hall–Kier alpha value is -0.600. The van der Waals surface area contributed by atoms with Crippen molar-refractivity contribution in [1.82, 2.24) is 5.32 Å². The largest absolute Gasteiger partial charge is 0.309 e. The lowest BCUT2D eigenvalue weighted by atomic mass is 10.2. The van der Waals surface area contributed by atoms with E-state index < -0.39 is 0 Å². The van der Waals surface area contributed by atoms with E-state index in [0.29, 0.717) is 6.04 Å². The molecule has 0 aliphatic carbocycles. The molecule has 0 aliphatic heterocycles. The SMILES string of the molecule is C=CCCCCCNC(C)c1ccc(C)s1. The van der Waals surface area contributed by atoms with E-state index in [0.717, 1.165) is 13.0 Å². The van der Waals surface area contributed by atoms with E-state index in [9.17, 15) is 0 Å². The Labute approximate surface area is 104 Å². The van der Waals surface area contributed by atoms with Gasteiger partial charge in [0.1, 0.15) is 0 Å². The summed E-state index contributed by atoms with van der Waals surface area (Å²) in [5, 5.41) is 3.57. The van der Waals surface area contributed by atoms with Crippen molar-refractivity contribution in [2.75, 3.05) is 6.54 Å². The summed E-state index contributed by atoms with van der Waals surface area (Å²) < 4.78 is 0. The average Bonchev–Trinajstić information content (AvgIpc) is 2.70. The third kappa shape index (κ3) is 4.95. The van der Waals surface area contributed by atoms with Gasteiger partial charge in [-0.2, -0.15) is 0 Å². The molecule has 1 unspecified atom stereocenters. The number of hydrogen-bond acceptors (Lipinski definition) is 2. The van der Waals surface area contributed by atoms with E-state index in [1.807, 2.05) is 17.4 Å². The van der Waals surface area contributed by atoms with Gasteiger partial charge in [-0.3, -0.25) is 0 Å². The quantitative estimate of drug-likeness (QED) is 0.520. The Morgan fingerprint density at radius 2 is 2.19 bits per heavy atom. The minimum atomic E-state index is 0.498. The molecule has 2 heteroatoms. The third-order valence-corrected chi connectivity index (χ3v) is 3.91. The lowest BCUT2D eigenvalue weighted by Gasteiger charge is -2.11. The number of allylic oxidation sites excluding steroid dienone is 1. The van der Waals surface area contributed by atoms with Crippen LogP contribution in [0.4, 0.5) is 0 Å². The molecule has 1 heterocycles. The maximum Gasteiger partial charge on any atom is 0.0386 e. The second-order valence-electron chi connectivity index (χ2n) is 4.26. The highest BCUT2D eigenvalue weighted by Crippen LogP contribution is 2.22. The van der Waals surface area contributed by atoms with E-state index in [1.165, 1.54) is 29.0 Å². The van der Waals surface area contributed by atoms with Crippen LogP contribution in [0.3, 0.4) is 0 Å². The maximum atomic E-state index is 3.73. The predicted molar refractivity (Wildman–Crippen MR) is 74.1 cm³/mol. The highest BCUT2D eigenvalue weighted by Gasteiger charge is 2.05. The van der Waals surface area contributed by atoms with Gasteiger partial charge in [-0.15, -0.1) is 17.9 Å². The van der Waals surface area contributed by atoms with Gasteiger partial charge < -0.3 is 5.32 Å². The molecule has 1 aromatic heterocycles. The Morgan fingerprint density at radius 3 is 2.81 bits per heavy atom. The van der Waals surface area contributed by atoms with Crippen molar-refractivity contribution in [1.29, 1.82) is 0 Å². The molecule has 0 amide bonds. The predicted octanol–water partition coefficient (Wildman–Crippen LogP) is 4.45. The van der Waals surface area contributed by atoms with Crippen LogP contribution in [0, 0.1) is 6.92 Å². The minimum Gasteiger partial charge on any atom is -0.309 e. The zero-order valence-corrected chi connectivity index (χ0v) is 11.3. The average molecular weight is 237 g/mol. The summed E-state index contributed by atoms with van der Waals surface area (Å²) in [6, 6.07) is 4.93. The lowest BCUT2D eigenvalue weighted by molar-refractivity contribution is 0.545. The van der Waals surface area contributed by atoms with Gasteiger partial charge >= 0.3 is 0 Å². The molecule has 0 saturated carbocycles. The van der Waals surface area contributed by atoms with Crippen LogP contribution < -0.4 is 5.32 Å². The molecule has 0 spiro atoms. The zero-order valence-electron chi connectivity index (χ0n) is 10.5. The first-order chi connectivity index (χ1) is 7.74. The molecule has 1 N–H and O–H groups in total. The number of nitrogens with one attached hydrogen (secondary N) is 1. The standard InChI is InChI=1S/C14H23NS/c1-4-5-6-7-8-11-15-13(3)14-10-9-12(2)16-14/h4,9-10,13,15H,1,5-8,11H2,2-3H3. The van der Waals surface area contributed by atoms with Gasteiger partial charge in [0.15, 0.2) is 0 Å². The van der Waals surface area contributed by atoms with Crippen molar-refractivity contribution in [3.05, 3.63) is 34.5 Å². The van der Waals surface area contributed by atoms with Crippen molar-refractivity contribution < 1.29 is 0 Å². The summed E-state index contributed by atoms with van der Waals surface area (Å²) in [7, 11) is 0. The van der Waals surface area contributed by atoms with Gasteiger partial charge in [0.2, 0.25) is 0 Å². The molecule has 90 valence electrons. The van der Waals surface area contributed by atoms with Crippen LogP contribution in [-0.2, 0) is 0 Å². The van der Waals surface area contributed by atoms with Crippen molar-refractivity contribution in [2.45, 2.75) is 45.6 Å². The zero-order chi connectivity index (χ0) is 11.8. The molecule has 1 nitrogen and oxygen atoms in total. The van der Waals surface area contributed by atoms with Crippen molar-refractivity contribution >= 4 is 11.3 Å². The number of hydrogen-bond donors (Lipinski definition) is 1. The van der Waals surface area contributed by atoms with Gasteiger partial charge in [0, 0.05) is 15.8 Å². The van der Waals surface area contributed by atoms with Crippen LogP contribution in [0.5, 0.6) is 0 Å². The van der Waals surface area contributed by atoms with Gasteiger partial charge in [-0.05, 0) is 51.8 Å². The smallest absolute Gasteiger partial charge is 0.0386 e. The monoisotopic (exact) mass is 237 g/mol. The van der Waals surface area contributed by atoms with Crippen molar-refractivity contribution in [3.63, 3.8) is 0 Å². The van der Waals surface area contributed by atoms with Crippen LogP contribution in [0.2, 0.25) is 0 Å². The first kappa shape index (κ1) is 13.5. The fourth-order valence-electron chi connectivity index (χ4n) is 1.70. The van der Waals surface area contributed by atoms with Gasteiger partial charge in [-0.1, -0.05) is 12.5 Å². The summed E-state index contributed by atoms with van der Waals surface area (Å²) in [6.45, 7) is 9.26. The molecule has 1 aromatic rings. The molecule has 1 atom stereocenters. The van der Waals surface area contributed by atoms with Crippen LogP contribution in [0.25, 0.3) is 0 Å². The highest BCUT2D eigenvalue weighted by atomic mass is 32.1. The second-order valence-corrected chi connectivity index (χ2v) is 5.58. The van der Waals surface area contributed by atoms with Crippen LogP contribution >= 0.6 is 11.3 Å². The number of thiophene rings is 1. The van der Waals surface area contributed by atoms with Crippen LogP contribution in [-0.4, -0.2) is 6.54 Å². The number of rotatable bonds is 8. The fourth-order valence-corrected chi connectivity index (χ4v) is 2.60. The maximum absolute atomic E-state index is 3.73. The second kappa shape index (κ2) is 7.64. The molecular formula is C14H23NS. The molecule has 0 fully saturated rings. The molecule has 16 heavy (non-hydrogen) atoms. The van der Waals surface area contributed by atoms with Gasteiger partial charge in [-0.25, -0.2) is 0 Å². The van der Waals surface area contributed by atoms with E-state index in [4.69, 9.17) is 0 Å². The van der Waals surface area contributed by atoms with E-state index in [2.05, 4.69) is 37.9 Å². The third-order valence-electron chi connectivity index (χ3n) is 2.72. The number of unbranched alkanes of at least 4 members (excludes halogenated alkanes) is 3. The Morgan fingerprint density at radius 1 is 1.38 bits per heavy atom. The van der Waals surface area contributed by atoms with E-state index >= 15 is 0 Å². The molecular weight excluding hydrogens is 214 g/mol. The van der Waals surface area contributed by atoms with Crippen LogP contribution in [0.1, 0.15) is 48.4 Å². The first-order valence-corrected chi connectivity index (χ1v) is 6.96. The summed E-state index contributed by atoms with van der Waals surface area (Å²) in [5.74, 6) is 0. The van der Waals surface area contributed by atoms with E-state index in [-0.39, 0.29) is 0 Å². The molecule has 0 saturated heterocycles. The summed E-state index contributed by atoms with van der Waals surface area (Å²) in [5.41, 5.74) is 0. The molecule has 0 aliphatic rings. The summed E-state index contributed by atoms with van der Waals surface area (Å²) in [6.07, 6.45) is 7.00. The summed E-state index contributed by atoms with van der Waals surface area (Å²) >= 11 is 1.89. The molecule has 0 bridgehead atoms. The number of aryl methyl sites for hydroxylation is 1. The lowest BCUT2D eigenvalue weighted by Crippen LogP contribution is -2.18. The van der Waals surface area contributed by atoms with Crippen molar-refractivity contribution in [2.24, 2.45) is 0 Å². The summed E-state index contributed by atoms with van der Waals surface area (Å²) in [4.78, 5) is 2.85. The topological polar surface area (TPSA) is 12.0 Å². The Kier molecular flexibility index (Phi) is 6.43. The van der Waals surface area contributed by atoms with Gasteiger partial charge in [0.05, 0.1) is 0 Å². The molecule has 1 rings (SSSR count). The Bertz CT molecular complexity index is 303. The van der Waals surface area contributed by atoms with E-state index in [1.54, 1.807) is 0 Å².